The maximum atomic E-state index is 10.4. The van der Waals surface area contributed by atoms with Gasteiger partial charge in [-0.15, -0.1) is 11.6 Å². The number of aryl methyl sites for hydroxylation is 2. The second-order valence-corrected chi connectivity index (χ2v) is 4.62. The monoisotopic (exact) mass is 240 g/mol. The quantitative estimate of drug-likeness (QED) is 0.794. The number of hydrogen-bond donors (Lipinski definition) is 1. The molecule has 1 unspecified atom stereocenters. The van der Waals surface area contributed by atoms with Gasteiger partial charge >= 0.3 is 5.97 Å². The predicted molar refractivity (Wildman–Crippen MR) is 66.0 cm³/mol. The van der Waals surface area contributed by atoms with Gasteiger partial charge in [0.25, 0.3) is 0 Å². The fourth-order valence-corrected chi connectivity index (χ4v) is 1.85. The molecule has 0 aliphatic carbocycles. The maximum Gasteiger partial charge on any atom is 0.303 e. The van der Waals surface area contributed by atoms with Crippen LogP contribution in [0, 0.1) is 13.8 Å². The number of rotatable bonds is 5. The average molecular weight is 241 g/mol. The van der Waals surface area contributed by atoms with Crippen LogP contribution in [0.4, 0.5) is 0 Å². The van der Waals surface area contributed by atoms with E-state index >= 15 is 0 Å². The van der Waals surface area contributed by atoms with Crippen LogP contribution in [0.3, 0.4) is 0 Å². The molecule has 0 radical (unpaired) electrons. The Morgan fingerprint density at radius 2 is 2.06 bits per heavy atom. The average Bonchev–Trinajstić information content (AvgIpc) is 2.21. The first-order valence-corrected chi connectivity index (χ1v) is 5.87. The van der Waals surface area contributed by atoms with Crippen LogP contribution in [-0.4, -0.2) is 11.1 Å². The van der Waals surface area contributed by atoms with E-state index in [-0.39, 0.29) is 11.8 Å². The Balaban J connectivity index is 2.55. The van der Waals surface area contributed by atoms with Gasteiger partial charge in [0.15, 0.2) is 0 Å². The van der Waals surface area contributed by atoms with Crippen molar-refractivity contribution in [2.24, 2.45) is 0 Å². The molecule has 1 rings (SSSR count). The molecule has 0 amide bonds. The summed E-state index contributed by atoms with van der Waals surface area (Å²) in [5.41, 5.74) is 3.55. The molecule has 0 saturated carbocycles. The third kappa shape index (κ3) is 3.86. The van der Waals surface area contributed by atoms with E-state index in [0.717, 1.165) is 5.56 Å². The van der Waals surface area contributed by atoms with Gasteiger partial charge in [0.2, 0.25) is 0 Å². The topological polar surface area (TPSA) is 37.3 Å². The molecule has 0 saturated heterocycles. The lowest BCUT2D eigenvalue weighted by Gasteiger charge is -2.11. The number of carbonyl (C=O) groups is 1. The van der Waals surface area contributed by atoms with Crippen LogP contribution < -0.4 is 0 Å². The van der Waals surface area contributed by atoms with Crippen LogP contribution in [-0.2, 0) is 4.79 Å². The number of carboxylic acid groups (broad SMARTS) is 1. The molecule has 0 fully saturated rings. The molecule has 88 valence electrons. The molecule has 0 bridgehead atoms. The van der Waals surface area contributed by atoms with Crippen LogP contribution in [0.15, 0.2) is 18.2 Å². The number of halogens is 1. The molecule has 1 aromatic rings. The van der Waals surface area contributed by atoms with Crippen molar-refractivity contribution in [3.05, 3.63) is 34.9 Å². The summed E-state index contributed by atoms with van der Waals surface area (Å²) in [5.74, 6) is -0.760. The van der Waals surface area contributed by atoms with Gasteiger partial charge in [0.1, 0.15) is 0 Å². The Kier molecular flexibility index (Phi) is 4.81. The van der Waals surface area contributed by atoms with Crippen molar-refractivity contribution in [1.29, 1.82) is 0 Å². The first-order chi connectivity index (χ1) is 7.50. The van der Waals surface area contributed by atoms with Crippen LogP contribution in [0.2, 0.25) is 0 Å². The highest BCUT2D eigenvalue weighted by Crippen LogP contribution is 2.27. The molecule has 0 aromatic heterocycles. The van der Waals surface area contributed by atoms with Crippen molar-refractivity contribution in [1.82, 2.24) is 0 Å². The largest absolute Gasteiger partial charge is 0.481 e. The van der Waals surface area contributed by atoms with Gasteiger partial charge < -0.3 is 5.11 Å². The molecule has 0 spiro atoms. The van der Waals surface area contributed by atoms with Gasteiger partial charge in [0.05, 0.1) is 5.38 Å². The third-order valence-corrected chi connectivity index (χ3v) is 3.21. The molecule has 0 aliphatic rings. The second-order valence-electron chi connectivity index (χ2n) is 4.10. The molecule has 16 heavy (non-hydrogen) atoms. The summed E-state index contributed by atoms with van der Waals surface area (Å²) < 4.78 is 0. The van der Waals surface area contributed by atoms with Gasteiger partial charge in [-0.2, -0.15) is 0 Å². The molecule has 2 nitrogen and oxygen atoms in total. The van der Waals surface area contributed by atoms with E-state index in [0.29, 0.717) is 12.8 Å². The highest BCUT2D eigenvalue weighted by molar-refractivity contribution is 6.20. The normalized spacial score (nSPS) is 12.4. The Morgan fingerprint density at radius 1 is 1.38 bits per heavy atom. The summed E-state index contributed by atoms with van der Waals surface area (Å²) >= 11 is 6.22. The molecule has 1 atom stereocenters. The summed E-state index contributed by atoms with van der Waals surface area (Å²) in [7, 11) is 0. The molecule has 1 N–H and O–H groups in total. The Morgan fingerprint density at radius 3 is 2.62 bits per heavy atom. The van der Waals surface area contributed by atoms with E-state index in [2.05, 4.69) is 26.0 Å². The summed E-state index contributed by atoms with van der Waals surface area (Å²) in [6.45, 7) is 4.12. The van der Waals surface area contributed by atoms with Crippen LogP contribution in [0.5, 0.6) is 0 Å². The van der Waals surface area contributed by atoms with E-state index < -0.39 is 5.97 Å². The fourth-order valence-electron chi connectivity index (χ4n) is 1.56. The zero-order valence-electron chi connectivity index (χ0n) is 9.66. The first kappa shape index (κ1) is 13.0. The van der Waals surface area contributed by atoms with E-state index in [9.17, 15) is 4.79 Å². The number of alkyl halides is 1. The Bertz CT molecular complexity index is 374. The van der Waals surface area contributed by atoms with Crippen molar-refractivity contribution < 1.29 is 9.90 Å². The smallest absolute Gasteiger partial charge is 0.303 e. The zero-order chi connectivity index (χ0) is 12.1. The zero-order valence-corrected chi connectivity index (χ0v) is 10.4. The molecule has 3 heteroatoms. The molecule has 0 heterocycles. The summed E-state index contributed by atoms with van der Waals surface area (Å²) in [4.78, 5) is 10.4. The van der Waals surface area contributed by atoms with E-state index in [1.54, 1.807) is 0 Å². The maximum absolute atomic E-state index is 10.4. The Labute approximate surface area is 101 Å². The summed E-state index contributed by atoms with van der Waals surface area (Å²) in [6, 6.07) is 6.14. The van der Waals surface area contributed by atoms with Gasteiger partial charge in [-0.25, -0.2) is 0 Å². The molecule has 1 aromatic carbocycles. The number of aliphatic carboxylic acids is 1. The second kappa shape index (κ2) is 5.90. The van der Waals surface area contributed by atoms with Crippen molar-refractivity contribution in [3.8, 4) is 0 Å². The summed E-state index contributed by atoms with van der Waals surface area (Å²) in [5, 5.41) is 8.45. The van der Waals surface area contributed by atoms with Gasteiger partial charge in [0, 0.05) is 6.42 Å². The van der Waals surface area contributed by atoms with Gasteiger partial charge in [-0.1, -0.05) is 18.2 Å². The first-order valence-electron chi connectivity index (χ1n) is 5.43. The lowest BCUT2D eigenvalue weighted by molar-refractivity contribution is -0.137. The highest BCUT2D eigenvalue weighted by Gasteiger charge is 2.09. The van der Waals surface area contributed by atoms with Crippen LogP contribution in [0.1, 0.15) is 41.3 Å². The summed E-state index contributed by atoms with van der Waals surface area (Å²) in [6.07, 6.45) is 1.51. The lowest BCUT2D eigenvalue weighted by Crippen LogP contribution is -1.97. The molecular formula is C13H17ClO2. The Hall–Kier alpha value is -1.02. The van der Waals surface area contributed by atoms with Crippen molar-refractivity contribution in [2.45, 2.75) is 38.5 Å². The van der Waals surface area contributed by atoms with E-state index in [1.165, 1.54) is 11.1 Å². The molecular weight excluding hydrogens is 224 g/mol. The van der Waals surface area contributed by atoms with Crippen LogP contribution >= 0.6 is 11.6 Å². The fraction of sp³-hybridized carbons (Fsp3) is 0.462. The highest BCUT2D eigenvalue weighted by atomic mass is 35.5. The van der Waals surface area contributed by atoms with Gasteiger partial charge in [-0.05, 0) is 43.4 Å². The minimum Gasteiger partial charge on any atom is -0.481 e. The minimum absolute atomic E-state index is 0.0846. The van der Waals surface area contributed by atoms with Crippen molar-refractivity contribution >= 4 is 17.6 Å². The van der Waals surface area contributed by atoms with E-state index in [1.807, 2.05) is 6.07 Å². The third-order valence-electron chi connectivity index (χ3n) is 2.74. The SMILES string of the molecule is Cc1ccc(C(Cl)CCCC(=O)O)cc1C. The molecule has 0 aliphatic heterocycles. The van der Waals surface area contributed by atoms with Crippen molar-refractivity contribution in [2.75, 3.05) is 0 Å². The predicted octanol–water partition coefficient (Wildman–Crippen LogP) is 3.84. The minimum atomic E-state index is -0.760. The number of benzene rings is 1. The number of carboxylic acids is 1. The van der Waals surface area contributed by atoms with Crippen LogP contribution in [0.25, 0.3) is 0 Å². The van der Waals surface area contributed by atoms with E-state index in [4.69, 9.17) is 16.7 Å². The number of hydrogen-bond acceptors (Lipinski definition) is 1. The van der Waals surface area contributed by atoms with Crippen molar-refractivity contribution in [3.63, 3.8) is 0 Å². The lowest BCUT2D eigenvalue weighted by atomic mass is 10.0. The van der Waals surface area contributed by atoms with Gasteiger partial charge in [-0.3, -0.25) is 4.79 Å². The standard InChI is InChI=1S/C13H17ClO2/c1-9-6-7-11(8-10(9)2)12(14)4-3-5-13(15)16/h6-8,12H,3-5H2,1-2H3,(H,15,16).